The number of rotatable bonds is 9. The highest BCUT2D eigenvalue weighted by Gasteiger charge is 2.34. The van der Waals surface area contributed by atoms with Crippen LogP contribution in [0.4, 0.5) is 11.6 Å². The molecule has 1 aliphatic rings. The highest BCUT2D eigenvalue weighted by atomic mass is 35.5. The molecule has 5 aromatic rings. The molecular weight excluding hydrogens is 591 g/mol. The molecule has 11 heteroatoms. The van der Waals surface area contributed by atoms with Gasteiger partial charge in [0.05, 0.1) is 23.9 Å². The molecular formula is C32H22Cl2N4O5. The molecule has 0 bridgehead atoms. The van der Waals surface area contributed by atoms with E-state index in [9.17, 15) is 9.59 Å². The highest BCUT2D eigenvalue weighted by molar-refractivity contribution is 6.31. The van der Waals surface area contributed by atoms with Gasteiger partial charge in [0.15, 0.2) is 11.6 Å². The van der Waals surface area contributed by atoms with Crippen LogP contribution in [0.25, 0.3) is 0 Å². The minimum Gasteiger partial charge on any atom is -0.496 e. The fourth-order valence-corrected chi connectivity index (χ4v) is 5.09. The fourth-order valence-electron chi connectivity index (χ4n) is 4.66. The molecule has 1 N–H and O–H groups in total. The number of nitrogens with zero attached hydrogens (tertiary/aromatic N) is 3. The number of nitrogens with one attached hydrogen (secondary N) is 1. The quantitative estimate of drug-likeness (QED) is 0.187. The molecule has 1 aliphatic carbocycles. The Balaban J connectivity index is 1.36. The summed E-state index contributed by atoms with van der Waals surface area (Å²) in [5, 5.41) is 4.20. The molecule has 9 nitrogen and oxygen atoms in total. The minimum atomic E-state index is -0.337. The van der Waals surface area contributed by atoms with Crippen LogP contribution >= 0.6 is 23.2 Å². The molecule has 0 aliphatic heterocycles. The molecule has 43 heavy (non-hydrogen) atoms. The van der Waals surface area contributed by atoms with Crippen molar-refractivity contribution in [3.05, 3.63) is 128 Å². The lowest BCUT2D eigenvalue weighted by molar-refractivity contribution is 0.0977. The fraction of sp³-hybridized carbons (Fsp3) is 0.0938. The summed E-state index contributed by atoms with van der Waals surface area (Å²) in [4.78, 5) is 40.2. The molecule has 0 radical (unpaired) electrons. The van der Waals surface area contributed by atoms with Crippen molar-refractivity contribution < 1.29 is 23.8 Å². The molecule has 0 spiro atoms. The van der Waals surface area contributed by atoms with Crippen molar-refractivity contribution in [3.63, 3.8) is 0 Å². The molecule has 6 rings (SSSR count). The lowest BCUT2D eigenvalue weighted by Gasteiger charge is -2.22. The zero-order valence-corrected chi connectivity index (χ0v) is 24.1. The number of methoxy groups -OCH3 is 1. The molecule has 0 atom stereocenters. The van der Waals surface area contributed by atoms with E-state index < -0.39 is 0 Å². The maximum atomic E-state index is 13.7. The number of hydrogen-bond acceptors (Lipinski definition) is 9. The Morgan fingerprint density at radius 2 is 1.23 bits per heavy atom. The summed E-state index contributed by atoms with van der Waals surface area (Å²) in [5.74, 6) is -0.350. The summed E-state index contributed by atoms with van der Waals surface area (Å²) in [6.07, 6.45) is 0. The van der Waals surface area contributed by atoms with Crippen molar-refractivity contribution in [1.82, 2.24) is 15.0 Å². The maximum Gasteiger partial charge on any atom is 0.324 e. The van der Waals surface area contributed by atoms with E-state index in [1.807, 2.05) is 24.3 Å². The second kappa shape index (κ2) is 12.1. The van der Waals surface area contributed by atoms with Crippen LogP contribution in [0.15, 0.2) is 84.9 Å². The lowest BCUT2D eigenvalue weighted by Crippen LogP contribution is -2.23. The Bertz CT molecular complexity index is 1810. The first-order valence-electron chi connectivity index (χ1n) is 13.1. The number of carbonyl (C=O) groups excluding carboxylic acids is 2. The monoisotopic (exact) mass is 612 g/mol. The van der Waals surface area contributed by atoms with Gasteiger partial charge in [-0.1, -0.05) is 71.7 Å². The topological polar surface area (TPSA) is 113 Å². The Morgan fingerprint density at radius 3 is 1.77 bits per heavy atom. The smallest absolute Gasteiger partial charge is 0.324 e. The predicted molar refractivity (Wildman–Crippen MR) is 161 cm³/mol. The van der Waals surface area contributed by atoms with E-state index in [1.165, 1.54) is 7.11 Å². The van der Waals surface area contributed by atoms with Gasteiger partial charge in [-0.15, -0.1) is 4.98 Å². The first-order valence-corrected chi connectivity index (χ1v) is 13.8. The van der Waals surface area contributed by atoms with Crippen molar-refractivity contribution in [2.45, 2.75) is 13.2 Å². The van der Waals surface area contributed by atoms with Crippen LogP contribution in [0, 0.1) is 0 Å². The van der Waals surface area contributed by atoms with Crippen molar-refractivity contribution in [2.75, 3.05) is 12.4 Å². The Labute approximate surface area is 256 Å². The van der Waals surface area contributed by atoms with E-state index in [0.29, 0.717) is 26.9 Å². The van der Waals surface area contributed by atoms with Gasteiger partial charge < -0.3 is 19.5 Å². The van der Waals surface area contributed by atoms with Crippen LogP contribution < -0.4 is 19.5 Å². The van der Waals surface area contributed by atoms with Crippen molar-refractivity contribution in [1.29, 1.82) is 0 Å². The van der Waals surface area contributed by atoms with Crippen molar-refractivity contribution >= 4 is 46.4 Å². The van der Waals surface area contributed by atoms with Gasteiger partial charge in [-0.25, -0.2) is 0 Å². The number of fused-ring (bicyclic) bond motifs is 2. The molecule has 4 aromatic carbocycles. The van der Waals surface area contributed by atoms with Crippen LogP contribution in [0.1, 0.15) is 43.0 Å². The van der Waals surface area contributed by atoms with Crippen LogP contribution in [-0.2, 0) is 13.2 Å². The van der Waals surface area contributed by atoms with E-state index >= 15 is 0 Å². The van der Waals surface area contributed by atoms with Crippen LogP contribution in [0.5, 0.6) is 17.8 Å². The lowest BCUT2D eigenvalue weighted by atomic mass is 9.82. The van der Waals surface area contributed by atoms with Crippen molar-refractivity contribution in [2.24, 2.45) is 0 Å². The van der Waals surface area contributed by atoms with E-state index in [1.54, 1.807) is 60.7 Å². The van der Waals surface area contributed by atoms with Gasteiger partial charge >= 0.3 is 12.0 Å². The standard InChI is InChI=1S/C32H22Cl2N4O5/c1-41-25-13-12-24(26-27(25)29(40)23-11-3-2-10-22(23)28(26)39)35-30-36-31(42-16-18-6-4-8-20(33)14-18)38-32(37-30)43-17-19-7-5-9-21(34)15-19/h2-15H,16-17H2,1H3,(H,35,36,37,38). The summed E-state index contributed by atoms with van der Waals surface area (Å²) < 4.78 is 17.2. The highest BCUT2D eigenvalue weighted by Crippen LogP contribution is 2.38. The summed E-state index contributed by atoms with van der Waals surface area (Å²) in [6.45, 7) is 0.249. The molecule has 0 fully saturated rings. The molecule has 1 aromatic heterocycles. The van der Waals surface area contributed by atoms with E-state index in [4.69, 9.17) is 37.4 Å². The summed E-state index contributed by atoms with van der Waals surface area (Å²) >= 11 is 12.2. The van der Waals surface area contributed by atoms with Gasteiger partial charge in [0.25, 0.3) is 0 Å². The first kappa shape index (κ1) is 28.1. The molecule has 214 valence electrons. The average molecular weight is 613 g/mol. The van der Waals surface area contributed by atoms with Crippen molar-refractivity contribution in [3.8, 4) is 17.8 Å². The second-order valence-electron chi connectivity index (χ2n) is 9.46. The van der Waals surface area contributed by atoms with Gasteiger partial charge in [0, 0.05) is 21.2 Å². The maximum absolute atomic E-state index is 13.7. The normalized spacial score (nSPS) is 11.9. The molecule has 0 unspecified atom stereocenters. The number of hydrogen-bond donors (Lipinski definition) is 1. The number of halogens is 2. The van der Waals surface area contributed by atoms with Gasteiger partial charge in [0.1, 0.15) is 19.0 Å². The van der Waals surface area contributed by atoms with Gasteiger partial charge in [-0.05, 0) is 47.5 Å². The Morgan fingerprint density at radius 1 is 0.674 bits per heavy atom. The zero-order valence-electron chi connectivity index (χ0n) is 22.6. The molecule has 0 amide bonds. The minimum absolute atomic E-state index is 0.0312. The first-order chi connectivity index (χ1) is 20.9. The zero-order chi connectivity index (χ0) is 29.9. The Hall–Kier alpha value is -4.99. The number of ether oxygens (including phenoxy) is 3. The average Bonchev–Trinajstić information content (AvgIpc) is 3.01. The third-order valence-electron chi connectivity index (χ3n) is 6.61. The Kier molecular flexibility index (Phi) is 7.91. The molecule has 1 heterocycles. The second-order valence-corrected chi connectivity index (χ2v) is 10.3. The van der Waals surface area contributed by atoms with Gasteiger partial charge in [-0.2, -0.15) is 9.97 Å². The third kappa shape index (κ3) is 5.99. The third-order valence-corrected chi connectivity index (χ3v) is 7.08. The summed E-state index contributed by atoms with van der Waals surface area (Å²) in [5.41, 5.74) is 2.81. The molecule has 0 saturated heterocycles. The number of aromatic nitrogens is 3. The van der Waals surface area contributed by atoms with E-state index in [2.05, 4.69) is 20.3 Å². The van der Waals surface area contributed by atoms with E-state index in [-0.39, 0.29) is 59.6 Å². The number of anilines is 2. The largest absolute Gasteiger partial charge is 0.496 e. The summed E-state index contributed by atoms with van der Waals surface area (Å²) in [6, 6.07) is 24.2. The summed E-state index contributed by atoms with van der Waals surface area (Å²) in [7, 11) is 1.44. The number of benzene rings is 4. The van der Waals surface area contributed by atoms with Gasteiger partial charge in [0.2, 0.25) is 5.95 Å². The van der Waals surface area contributed by atoms with E-state index in [0.717, 1.165) is 11.1 Å². The predicted octanol–water partition coefficient (Wildman–Crippen LogP) is 6.86. The van der Waals surface area contributed by atoms with Gasteiger partial charge in [-0.3, -0.25) is 9.59 Å². The SMILES string of the molecule is COc1ccc(Nc2nc(OCc3cccc(Cl)c3)nc(OCc3cccc(Cl)c3)n2)c2c1C(=O)c1ccccc1C2=O. The molecule has 0 saturated carbocycles. The number of ketones is 2. The van der Waals surface area contributed by atoms with Crippen LogP contribution in [0.3, 0.4) is 0 Å². The van der Waals surface area contributed by atoms with Crippen LogP contribution in [0.2, 0.25) is 10.0 Å². The van der Waals surface area contributed by atoms with Crippen LogP contribution in [-0.4, -0.2) is 33.6 Å². The number of carbonyl (C=O) groups is 2.